The summed E-state index contributed by atoms with van der Waals surface area (Å²) in [6, 6.07) is 5.22. The minimum atomic E-state index is -1.47. The number of benzene rings is 1. The number of ether oxygens (including phenoxy) is 2. The molecule has 1 rings (SSSR count). The minimum absolute atomic E-state index is 0.504. The Morgan fingerprint density at radius 1 is 1.32 bits per heavy atom. The molecule has 5 nitrogen and oxygen atoms in total. The number of likely N-dealkylation sites (N-methyl/N-ethyl adjacent to an activating group) is 1. The molecule has 6 heteroatoms. The van der Waals surface area contributed by atoms with Crippen LogP contribution in [-0.2, 0) is 11.3 Å². The topological polar surface area (TPSA) is 62.2 Å². The molecular weight excluding hydrogens is 245 g/mol. The van der Waals surface area contributed by atoms with Crippen LogP contribution in [0.2, 0.25) is 0 Å². The average molecular weight is 267 g/mol. The lowest BCUT2D eigenvalue weighted by Gasteiger charge is -2.19. The standard InChI is InChI=1S/C13H22BNO4/c1-4-19-8-7-15(2)10-11-9-12(18-3)5-6-13(11)14(16)17/h5-6,9,16-17H,4,7-8,10H2,1-3H3. The summed E-state index contributed by atoms with van der Waals surface area (Å²) in [6.45, 7) is 4.72. The van der Waals surface area contributed by atoms with Crippen molar-refractivity contribution in [1.29, 1.82) is 0 Å². The van der Waals surface area contributed by atoms with Gasteiger partial charge in [0.05, 0.1) is 13.7 Å². The molecule has 0 saturated heterocycles. The summed E-state index contributed by atoms with van der Waals surface area (Å²) in [4.78, 5) is 2.07. The molecule has 0 spiro atoms. The largest absolute Gasteiger partial charge is 0.497 e. The third kappa shape index (κ3) is 5.20. The van der Waals surface area contributed by atoms with Crippen LogP contribution in [0.3, 0.4) is 0 Å². The van der Waals surface area contributed by atoms with Gasteiger partial charge < -0.3 is 19.5 Å². The molecule has 0 atom stereocenters. The van der Waals surface area contributed by atoms with E-state index >= 15 is 0 Å². The van der Waals surface area contributed by atoms with E-state index < -0.39 is 7.12 Å². The molecule has 19 heavy (non-hydrogen) atoms. The number of hydrogen-bond donors (Lipinski definition) is 2. The molecular formula is C13H22BNO4. The van der Waals surface area contributed by atoms with E-state index in [4.69, 9.17) is 9.47 Å². The Balaban J connectivity index is 2.73. The zero-order chi connectivity index (χ0) is 14.3. The quantitative estimate of drug-likeness (QED) is 0.506. The molecule has 0 bridgehead atoms. The highest BCUT2D eigenvalue weighted by molar-refractivity contribution is 6.59. The monoisotopic (exact) mass is 267 g/mol. The number of methoxy groups -OCH3 is 1. The summed E-state index contributed by atoms with van der Waals surface area (Å²) in [6.07, 6.45) is 0. The normalized spacial score (nSPS) is 10.8. The maximum absolute atomic E-state index is 9.37. The van der Waals surface area contributed by atoms with Gasteiger partial charge in [-0.3, -0.25) is 4.90 Å². The van der Waals surface area contributed by atoms with Crippen molar-refractivity contribution in [3.05, 3.63) is 23.8 Å². The van der Waals surface area contributed by atoms with E-state index in [1.54, 1.807) is 19.2 Å². The van der Waals surface area contributed by atoms with Crippen molar-refractivity contribution in [1.82, 2.24) is 4.90 Å². The number of hydrogen-bond acceptors (Lipinski definition) is 5. The third-order valence-corrected chi connectivity index (χ3v) is 2.89. The molecule has 0 aromatic heterocycles. The summed E-state index contributed by atoms with van der Waals surface area (Å²) < 4.78 is 10.5. The summed E-state index contributed by atoms with van der Waals surface area (Å²) in [7, 11) is 2.08. The molecule has 0 aliphatic rings. The van der Waals surface area contributed by atoms with Crippen LogP contribution in [0, 0.1) is 0 Å². The predicted octanol–water partition coefficient (Wildman–Crippen LogP) is -0.157. The lowest BCUT2D eigenvalue weighted by atomic mass is 9.77. The molecule has 2 N–H and O–H groups in total. The summed E-state index contributed by atoms with van der Waals surface area (Å²) in [5.41, 5.74) is 1.34. The molecule has 0 aliphatic carbocycles. The zero-order valence-corrected chi connectivity index (χ0v) is 11.8. The van der Waals surface area contributed by atoms with Crippen molar-refractivity contribution in [2.45, 2.75) is 13.5 Å². The summed E-state index contributed by atoms with van der Waals surface area (Å²) in [5.74, 6) is 0.706. The first kappa shape index (κ1) is 16.0. The van der Waals surface area contributed by atoms with E-state index in [0.29, 0.717) is 31.0 Å². The predicted molar refractivity (Wildman–Crippen MR) is 75.6 cm³/mol. The van der Waals surface area contributed by atoms with Crippen LogP contribution in [-0.4, -0.2) is 56.0 Å². The molecule has 1 aromatic rings. The van der Waals surface area contributed by atoms with Crippen molar-refractivity contribution >= 4 is 12.6 Å². The van der Waals surface area contributed by atoms with Gasteiger partial charge in [-0.2, -0.15) is 0 Å². The highest BCUT2D eigenvalue weighted by Gasteiger charge is 2.17. The second-order valence-corrected chi connectivity index (χ2v) is 4.37. The lowest BCUT2D eigenvalue weighted by Crippen LogP contribution is -2.35. The second kappa shape index (κ2) is 8.17. The van der Waals surface area contributed by atoms with Crippen LogP contribution in [0.25, 0.3) is 0 Å². The average Bonchev–Trinajstić information content (AvgIpc) is 2.38. The minimum Gasteiger partial charge on any atom is -0.497 e. The third-order valence-electron chi connectivity index (χ3n) is 2.89. The van der Waals surface area contributed by atoms with Crippen molar-refractivity contribution < 1.29 is 19.5 Å². The van der Waals surface area contributed by atoms with Gasteiger partial charge >= 0.3 is 7.12 Å². The Morgan fingerprint density at radius 3 is 2.63 bits per heavy atom. The SMILES string of the molecule is CCOCCN(C)Cc1cc(OC)ccc1B(O)O. The van der Waals surface area contributed by atoms with Gasteiger partial charge in [0.15, 0.2) is 0 Å². The molecule has 0 unspecified atom stereocenters. The van der Waals surface area contributed by atoms with E-state index in [0.717, 1.165) is 12.1 Å². The molecule has 0 radical (unpaired) electrons. The zero-order valence-electron chi connectivity index (χ0n) is 11.8. The van der Waals surface area contributed by atoms with Gasteiger partial charge in [-0.05, 0) is 37.1 Å². The van der Waals surface area contributed by atoms with E-state index in [2.05, 4.69) is 4.90 Å². The van der Waals surface area contributed by atoms with E-state index in [9.17, 15) is 10.0 Å². The first-order valence-corrected chi connectivity index (χ1v) is 6.37. The number of rotatable bonds is 8. The number of nitrogens with zero attached hydrogens (tertiary/aromatic N) is 1. The van der Waals surface area contributed by atoms with Crippen LogP contribution >= 0.6 is 0 Å². The van der Waals surface area contributed by atoms with E-state index in [1.807, 2.05) is 20.0 Å². The second-order valence-electron chi connectivity index (χ2n) is 4.37. The van der Waals surface area contributed by atoms with Crippen molar-refractivity contribution in [3.8, 4) is 5.75 Å². The van der Waals surface area contributed by atoms with E-state index in [-0.39, 0.29) is 0 Å². The lowest BCUT2D eigenvalue weighted by molar-refractivity contribution is 0.120. The van der Waals surface area contributed by atoms with Gasteiger partial charge in [0.1, 0.15) is 5.75 Å². The fourth-order valence-corrected chi connectivity index (χ4v) is 1.83. The van der Waals surface area contributed by atoms with Crippen molar-refractivity contribution in [3.63, 3.8) is 0 Å². The molecule has 0 saturated carbocycles. The van der Waals surface area contributed by atoms with Crippen molar-refractivity contribution in [2.24, 2.45) is 0 Å². The molecule has 0 amide bonds. The fourth-order valence-electron chi connectivity index (χ4n) is 1.83. The molecule has 1 aromatic carbocycles. The highest BCUT2D eigenvalue weighted by Crippen LogP contribution is 2.13. The fraction of sp³-hybridized carbons (Fsp3) is 0.538. The van der Waals surface area contributed by atoms with Crippen LogP contribution < -0.4 is 10.2 Å². The van der Waals surface area contributed by atoms with Gasteiger partial charge in [-0.1, -0.05) is 6.07 Å². The van der Waals surface area contributed by atoms with Crippen molar-refractivity contribution in [2.75, 3.05) is 33.9 Å². The van der Waals surface area contributed by atoms with Crippen LogP contribution in [0.4, 0.5) is 0 Å². The Labute approximate surface area is 114 Å². The summed E-state index contributed by atoms with van der Waals surface area (Å²) in [5, 5.41) is 18.7. The van der Waals surface area contributed by atoms with Gasteiger partial charge in [0.25, 0.3) is 0 Å². The van der Waals surface area contributed by atoms with Crippen LogP contribution in [0.5, 0.6) is 5.75 Å². The van der Waals surface area contributed by atoms with Gasteiger partial charge in [-0.25, -0.2) is 0 Å². The Kier molecular flexibility index (Phi) is 6.87. The smallest absolute Gasteiger partial charge is 0.488 e. The Morgan fingerprint density at radius 2 is 2.05 bits per heavy atom. The maximum atomic E-state index is 9.37. The highest BCUT2D eigenvalue weighted by atomic mass is 16.5. The van der Waals surface area contributed by atoms with Gasteiger partial charge in [0.2, 0.25) is 0 Å². The molecule has 0 heterocycles. The van der Waals surface area contributed by atoms with Crippen LogP contribution in [0.1, 0.15) is 12.5 Å². The first-order valence-electron chi connectivity index (χ1n) is 6.37. The maximum Gasteiger partial charge on any atom is 0.488 e. The Bertz CT molecular complexity index is 387. The first-order chi connectivity index (χ1) is 9.08. The molecule has 106 valence electrons. The summed E-state index contributed by atoms with van der Waals surface area (Å²) >= 11 is 0. The molecule has 0 fully saturated rings. The van der Waals surface area contributed by atoms with Gasteiger partial charge in [0, 0.05) is 19.7 Å². The Hall–Kier alpha value is -1.08. The molecule has 0 aliphatic heterocycles. The van der Waals surface area contributed by atoms with Gasteiger partial charge in [-0.15, -0.1) is 0 Å². The van der Waals surface area contributed by atoms with Crippen LogP contribution in [0.15, 0.2) is 18.2 Å². The van der Waals surface area contributed by atoms with E-state index in [1.165, 1.54) is 0 Å².